The van der Waals surface area contributed by atoms with E-state index in [-0.39, 0.29) is 11.5 Å². The van der Waals surface area contributed by atoms with Crippen molar-refractivity contribution in [3.63, 3.8) is 0 Å². The molecule has 0 spiro atoms. The molecule has 2 aromatic carbocycles. The number of benzene rings is 2. The van der Waals surface area contributed by atoms with Crippen LogP contribution in [0.25, 0.3) is 0 Å². The fraction of sp³-hybridized carbons (Fsp3) is 0.167. The molecule has 3 amide bonds. The average molecular weight is 340 g/mol. The van der Waals surface area contributed by atoms with E-state index in [1.165, 1.54) is 5.56 Å². The number of hydrogen-bond donors (Lipinski definition) is 2. The van der Waals surface area contributed by atoms with Gasteiger partial charge in [-0.15, -0.1) is 11.8 Å². The molecule has 24 heavy (non-hydrogen) atoms. The Balaban J connectivity index is 1.59. The summed E-state index contributed by atoms with van der Waals surface area (Å²) in [6.07, 6.45) is 0.317. The summed E-state index contributed by atoms with van der Waals surface area (Å²) in [5.74, 6) is -0.453. The highest BCUT2D eigenvalue weighted by Crippen LogP contribution is 2.25. The maximum Gasteiger partial charge on any atom is 0.261 e. The lowest BCUT2D eigenvalue weighted by Crippen LogP contribution is -2.21. The monoisotopic (exact) mass is 340 g/mol. The predicted octanol–water partition coefficient (Wildman–Crippen LogP) is 3.00. The van der Waals surface area contributed by atoms with Crippen LogP contribution in [-0.2, 0) is 4.79 Å². The third-order valence-electron chi connectivity index (χ3n) is 3.66. The molecule has 0 atom stereocenters. The van der Waals surface area contributed by atoms with Crippen molar-refractivity contribution in [1.82, 2.24) is 5.32 Å². The standard InChI is InChI=1S/C18H16N2O3S/c1-11-5-7-12(8-6-11)24-10-9-15(21)19-14-4-2-3-13-16(14)18(23)20-17(13)22/h2-8H,9-10H2,1H3,(H,19,21)(H,20,22,23). The van der Waals surface area contributed by atoms with Crippen LogP contribution in [0.4, 0.5) is 5.69 Å². The molecule has 0 aromatic heterocycles. The molecule has 1 heterocycles. The van der Waals surface area contributed by atoms with Gasteiger partial charge in [-0.2, -0.15) is 0 Å². The molecule has 0 aliphatic carbocycles. The number of anilines is 1. The summed E-state index contributed by atoms with van der Waals surface area (Å²) in [4.78, 5) is 36.7. The van der Waals surface area contributed by atoms with Gasteiger partial charge in [0, 0.05) is 17.1 Å². The van der Waals surface area contributed by atoms with Gasteiger partial charge in [0.25, 0.3) is 11.8 Å². The molecule has 0 fully saturated rings. The lowest BCUT2D eigenvalue weighted by molar-refractivity contribution is -0.115. The van der Waals surface area contributed by atoms with Gasteiger partial charge in [-0.3, -0.25) is 19.7 Å². The minimum absolute atomic E-state index is 0.185. The Bertz CT molecular complexity index is 816. The van der Waals surface area contributed by atoms with Gasteiger partial charge in [0.2, 0.25) is 5.91 Å². The zero-order valence-corrected chi connectivity index (χ0v) is 13.9. The highest BCUT2D eigenvalue weighted by molar-refractivity contribution is 7.99. The summed E-state index contributed by atoms with van der Waals surface area (Å²) in [6, 6.07) is 13.0. The van der Waals surface area contributed by atoms with E-state index in [1.54, 1.807) is 30.0 Å². The second kappa shape index (κ2) is 6.88. The fourth-order valence-corrected chi connectivity index (χ4v) is 3.28. The molecule has 5 nitrogen and oxygen atoms in total. The highest BCUT2D eigenvalue weighted by Gasteiger charge is 2.29. The maximum atomic E-state index is 12.1. The van der Waals surface area contributed by atoms with E-state index in [1.807, 2.05) is 31.2 Å². The summed E-state index contributed by atoms with van der Waals surface area (Å²) in [5.41, 5.74) is 2.11. The van der Waals surface area contributed by atoms with Gasteiger partial charge in [0.1, 0.15) is 0 Å². The molecular weight excluding hydrogens is 324 g/mol. The van der Waals surface area contributed by atoms with Gasteiger partial charge in [-0.1, -0.05) is 23.8 Å². The van der Waals surface area contributed by atoms with E-state index in [0.29, 0.717) is 23.4 Å². The van der Waals surface area contributed by atoms with E-state index in [0.717, 1.165) is 4.90 Å². The lowest BCUT2D eigenvalue weighted by atomic mass is 10.1. The average Bonchev–Trinajstić information content (AvgIpc) is 2.85. The number of hydrogen-bond acceptors (Lipinski definition) is 4. The first-order valence-electron chi connectivity index (χ1n) is 7.52. The zero-order chi connectivity index (χ0) is 17.1. The van der Waals surface area contributed by atoms with E-state index in [9.17, 15) is 14.4 Å². The number of carbonyl (C=O) groups is 3. The molecule has 2 aromatic rings. The number of nitrogens with one attached hydrogen (secondary N) is 2. The smallest absolute Gasteiger partial charge is 0.261 e. The van der Waals surface area contributed by atoms with E-state index < -0.39 is 11.8 Å². The minimum Gasteiger partial charge on any atom is -0.325 e. The van der Waals surface area contributed by atoms with E-state index in [2.05, 4.69) is 10.6 Å². The quantitative estimate of drug-likeness (QED) is 0.648. The SMILES string of the molecule is Cc1ccc(SCCC(=O)Nc2cccc3c2C(=O)NC3=O)cc1. The number of thioether (sulfide) groups is 1. The van der Waals surface area contributed by atoms with Crippen molar-refractivity contribution in [3.05, 3.63) is 59.2 Å². The number of amides is 3. The van der Waals surface area contributed by atoms with Crippen molar-refractivity contribution in [2.45, 2.75) is 18.2 Å². The van der Waals surface area contributed by atoms with Crippen molar-refractivity contribution in [2.24, 2.45) is 0 Å². The summed E-state index contributed by atoms with van der Waals surface area (Å²) < 4.78 is 0. The van der Waals surface area contributed by atoms with Crippen LogP contribution >= 0.6 is 11.8 Å². The second-order valence-corrected chi connectivity index (χ2v) is 6.64. The van der Waals surface area contributed by atoms with Crippen LogP contribution in [0.5, 0.6) is 0 Å². The third kappa shape index (κ3) is 3.49. The molecule has 2 N–H and O–H groups in total. The van der Waals surface area contributed by atoms with E-state index >= 15 is 0 Å². The Morgan fingerprint density at radius 3 is 2.58 bits per heavy atom. The molecule has 6 heteroatoms. The van der Waals surface area contributed by atoms with Gasteiger partial charge in [0.05, 0.1) is 16.8 Å². The molecule has 0 radical (unpaired) electrons. The maximum absolute atomic E-state index is 12.1. The van der Waals surface area contributed by atoms with Crippen LogP contribution in [0, 0.1) is 6.92 Å². The Kier molecular flexibility index (Phi) is 4.66. The topological polar surface area (TPSA) is 75.3 Å². The van der Waals surface area contributed by atoms with Crippen LogP contribution in [0.1, 0.15) is 32.7 Å². The summed E-state index contributed by atoms with van der Waals surface area (Å²) in [6.45, 7) is 2.03. The summed E-state index contributed by atoms with van der Waals surface area (Å²) in [7, 11) is 0. The number of rotatable bonds is 5. The largest absolute Gasteiger partial charge is 0.325 e. The van der Waals surface area contributed by atoms with Crippen LogP contribution in [-0.4, -0.2) is 23.5 Å². The molecule has 0 unspecified atom stereocenters. The molecule has 1 aliphatic heterocycles. The number of aryl methyl sites for hydroxylation is 1. The molecule has 1 aliphatic rings. The predicted molar refractivity (Wildman–Crippen MR) is 93.4 cm³/mol. The second-order valence-electron chi connectivity index (χ2n) is 5.47. The third-order valence-corrected chi connectivity index (χ3v) is 4.67. The van der Waals surface area contributed by atoms with Crippen LogP contribution < -0.4 is 10.6 Å². The number of fused-ring (bicyclic) bond motifs is 1. The van der Waals surface area contributed by atoms with Crippen molar-refractivity contribution in [1.29, 1.82) is 0 Å². The number of imide groups is 1. The minimum atomic E-state index is -0.472. The Labute approximate surface area is 143 Å². The molecular formula is C18H16N2O3S. The van der Waals surface area contributed by atoms with Gasteiger partial charge in [0.15, 0.2) is 0 Å². The van der Waals surface area contributed by atoms with Crippen molar-refractivity contribution < 1.29 is 14.4 Å². The van der Waals surface area contributed by atoms with Gasteiger partial charge in [-0.05, 0) is 31.2 Å². The Hall–Kier alpha value is -2.60. The highest BCUT2D eigenvalue weighted by atomic mass is 32.2. The summed E-state index contributed by atoms with van der Waals surface area (Å²) >= 11 is 1.60. The molecule has 0 saturated carbocycles. The van der Waals surface area contributed by atoms with E-state index in [4.69, 9.17) is 0 Å². The van der Waals surface area contributed by atoms with Crippen molar-refractivity contribution in [3.8, 4) is 0 Å². The van der Waals surface area contributed by atoms with Gasteiger partial charge >= 0.3 is 0 Å². The van der Waals surface area contributed by atoms with Crippen LogP contribution in [0.2, 0.25) is 0 Å². The fourth-order valence-electron chi connectivity index (χ4n) is 2.43. The van der Waals surface area contributed by atoms with Gasteiger partial charge < -0.3 is 5.32 Å². The normalized spacial score (nSPS) is 12.7. The van der Waals surface area contributed by atoms with Gasteiger partial charge in [-0.25, -0.2) is 0 Å². The zero-order valence-electron chi connectivity index (χ0n) is 13.1. The molecule has 0 saturated heterocycles. The molecule has 122 valence electrons. The first-order valence-corrected chi connectivity index (χ1v) is 8.51. The first-order chi connectivity index (χ1) is 11.5. The summed E-state index contributed by atoms with van der Waals surface area (Å²) in [5, 5.41) is 4.96. The first kappa shape index (κ1) is 16.3. The van der Waals surface area contributed by atoms with Crippen molar-refractivity contribution >= 4 is 35.2 Å². The van der Waals surface area contributed by atoms with Crippen molar-refractivity contribution in [2.75, 3.05) is 11.1 Å². The number of carbonyl (C=O) groups excluding carboxylic acids is 3. The lowest BCUT2D eigenvalue weighted by Gasteiger charge is -2.08. The Morgan fingerprint density at radius 2 is 1.83 bits per heavy atom. The Morgan fingerprint density at radius 1 is 1.08 bits per heavy atom. The van der Waals surface area contributed by atoms with Crippen LogP contribution in [0.15, 0.2) is 47.4 Å². The molecule has 0 bridgehead atoms. The molecule has 3 rings (SSSR count). The van der Waals surface area contributed by atoms with Crippen LogP contribution in [0.3, 0.4) is 0 Å².